The summed E-state index contributed by atoms with van der Waals surface area (Å²) in [6.45, 7) is 3.38. The number of hydrogen-bond donors (Lipinski definition) is 2. The van der Waals surface area contributed by atoms with Crippen molar-refractivity contribution in [3.63, 3.8) is 0 Å². The van der Waals surface area contributed by atoms with E-state index in [-0.39, 0.29) is 0 Å². The van der Waals surface area contributed by atoms with Gasteiger partial charge in [0.15, 0.2) is 0 Å². The molecule has 2 N–H and O–H groups in total. The maximum absolute atomic E-state index is 5.56. The molecule has 2 aromatic rings. The van der Waals surface area contributed by atoms with E-state index < -0.39 is 0 Å². The molecule has 0 bridgehead atoms. The molecule has 0 spiro atoms. The number of hydrogen-bond acceptors (Lipinski definition) is 5. The summed E-state index contributed by atoms with van der Waals surface area (Å²) in [4.78, 5) is 10.3. The second-order valence-electron chi connectivity index (χ2n) is 5.92. The quantitative estimate of drug-likeness (QED) is 0.903. The predicted molar refractivity (Wildman–Crippen MR) is 78.7 cm³/mol. The van der Waals surface area contributed by atoms with Gasteiger partial charge < -0.3 is 14.8 Å². The topological polar surface area (TPSA) is 70.0 Å². The highest BCUT2D eigenvalue weighted by Gasteiger charge is 2.35. The number of likely N-dealkylation sites (tertiary alicyclic amines) is 1. The van der Waals surface area contributed by atoms with Gasteiger partial charge in [-0.25, -0.2) is 0 Å². The zero-order chi connectivity index (χ0) is 14.1. The summed E-state index contributed by atoms with van der Waals surface area (Å²) in [5, 5.41) is 7.56. The second-order valence-corrected chi connectivity index (χ2v) is 5.92. The van der Waals surface area contributed by atoms with Crippen LogP contribution in [-0.4, -0.2) is 45.7 Å². The van der Waals surface area contributed by atoms with Crippen LogP contribution < -0.4 is 5.32 Å². The van der Waals surface area contributed by atoms with Crippen LogP contribution in [-0.2, 0) is 0 Å². The lowest BCUT2D eigenvalue weighted by atomic mass is 10.0. The average molecular weight is 287 g/mol. The second kappa shape index (κ2) is 5.61. The first-order valence-corrected chi connectivity index (χ1v) is 7.85. The van der Waals surface area contributed by atoms with Gasteiger partial charge in [-0.15, -0.1) is 0 Å². The van der Waals surface area contributed by atoms with Crippen molar-refractivity contribution in [1.29, 1.82) is 0 Å². The van der Waals surface area contributed by atoms with Crippen molar-refractivity contribution in [3.8, 4) is 11.5 Å². The molecular formula is C15H21N5O. The van der Waals surface area contributed by atoms with Crippen molar-refractivity contribution in [2.24, 2.45) is 0 Å². The highest BCUT2D eigenvalue weighted by atomic mass is 16.5. The summed E-state index contributed by atoms with van der Waals surface area (Å²) in [5.74, 6) is 1.43. The summed E-state index contributed by atoms with van der Waals surface area (Å²) in [6.07, 6.45) is 6.65. The van der Waals surface area contributed by atoms with E-state index in [0.717, 1.165) is 37.6 Å². The normalized spacial score (nSPS) is 24.7. The van der Waals surface area contributed by atoms with Gasteiger partial charge in [-0.1, -0.05) is 5.16 Å². The number of nitrogens with one attached hydrogen (secondary N) is 2. The van der Waals surface area contributed by atoms with E-state index in [4.69, 9.17) is 4.52 Å². The molecular weight excluding hydrogens is 266 g/mol. The smallest absolute Gasteiger partial charge is 0.244 e. The van der Waals surface area contributed by atoms with Crippen molar-refractivity contribution in [3.05, 3.63) is 24.2 Å². The van der Waals surface area contributed by atoms with Crippen LogP contribution in [0.15, 0.2) is 22.9 Å². The Bertz CT molecular complexity index is 573. The van der Waals surface area contributed by atoms with E-state index in [2.05, 4.69) is 25.3 Å². The minimum Gasteiger partial charge on any atom is -0.359 e. The van der Waals surface area contributed by atoms with Gasteiger partial charge in [0.1, 0.15) is 0 Å². The van der Waals surface area contributed by atoms with Gasteiger partial charge in [0.05, 0.1) is 11.7 Å². The fourth-order valence-corrected chi connectivity index (χ4v) is 3.58. The molecule has 0 saturated carbocycles. The Labute approximate surface area is 123 Å². The molecule has 6 heteroatoms. The summed E-state index contributed by atoms with van der Waals surface area (Å²) in [6, 6.07) is 4.86. The van der Waals surface area contributed by atoms with E-state index in [0.29, 0.717) is 17.9 Å². The third-order valence-corrected chi connectivity index (χ3v) is 4.64. The molecule has 2 aliphatic rings. The number of nitrogens with zero attached hydrogens (tertiary/aromatic N) is 3. The largest absolute Gasteiger partial charge is 0.359 e. The van der Waals surface area contributed by atoms with E-state index >= 15 is 0 Å². The molecule has 6 nitrogen and oxygen atoms in total. The van der Waals surface area contributed by atoms with Crippen LogP contribution >= 0.6 is 0 Å². The molecule has 1 unspecified atom stereocenters. The SMILES string of the molecule is c1c[nH]c(-c2noc(C3CCCN3C3CCNCC3)n2)c1. The molecule has 0 aliphatic carbocycles. The predicted octanol–water partition coefficient (Wildman–Crippen LogP) is 1.95. The minimum atomic E-state index is 0.296. The van der Waals surface area contributed by atoms with Crippen LogP contribution in [0.25, 0.3) is 11.5 Å². The maximum Gasteiger partial charge on any atom is 0.244 e. The van der Waals surface area contributed by atoms with Crippen LogP contribution in [0, 0.1) is 0 Å². The van der Waals surface area contributed by atoms with Gasteiger partial charge in [-0.2, -0.15) is 4.98 Å². The number of aromatic amines is 1. The molecule has 4 rings (SSSR count). The monoisotopic (exact) mass is 287 g/mol. The van der Waals surface area contributed by atoms with Crippen LogP contribution in [0.2, 0.25) is 0 Å². The number of aromatic nitrogens is 3. The fraction of sp³-hybridized carbons (Fsp3) is 0.600. The van der Waals surface area contributed by atoms with Gasteiger partial charge in [0, 0.05) is 12.2 Å². The number of H-pyrrole nitrogens is 1. The Morgan fingerprint density at radius 2 is 2.14 bits per heavy atom. The lowest BCUT2D eigenvalue weighted by molar-refractivity contribution is 0.126. The van der Waals surface area contributed by atoms with Crippen molar-refractivity contribution in [2.45, 2.75) is 37.8 Å². The Hall–Kier alpha value is -1.66. The van der Waals surface area contributed by atoms with Gasteiger partial charge >= 0.3 is 0 Å². The van der Waals surface area contributed by atoms with Crippen LogP contribution in [0.3, 0.4) is 0 Å². The molecule has 21 heavy (non-hydrogen) atoms. The first-order chi connectivity index (χ1) is 10.4. The highest BCUT2D eigenvalue weighted by Crippen LogP contribution is 2.35. The van der Waals surface area contributed by atoms with Crippen molar-refractivity contribution in [1.82, 2.24) is 25.3 Å². The van der Waals surface area contributed by atoms with Gasteiger partial charge in [-0.3, -0.25) is 4.90 Å². The molecule has 2 fully saturated rings. The molecule has 0 aromatic carbocycles. The van der Waals surface area contributed by atoms with E-state index in [1.54, 1.807) is 0 Å². The summed E-state index contributed by atoms with van der Waals surface area (Å²) in [5.41, 5.74) is 0.913. The third-order valence-electron chi connectivity index (χ3n) is 4.64. The van der Waals surface area contributed by atoms with Crippen molar-refractivity contribution in [2.75, 3.05) is 19.6 Å². The first-order valence-electron chi connectivity index (χ1n) is 7.85. The minimum absolute atomic E-state index is 0.296. The van der Waals surface area contributed by atoms with Crippen LogP contribution in [0.1, 0.15) is 37.6 Å². The molecule has 4 heterocycles. The lowest BCUT2D eigenvalue weighted by Gasteiger charge is -2.34. The molecule has 112 valence electrons. The number of piperidine rings is 1. The van der Waals surface area contributed by atoms with Gasteiger partial charge in [-0.05, 0) is 57.5 Å². The molecule has 2 aromatic heterocycles. The highest BCUT2D eigenvalue weighted by molar-refractivity contribution is 5.47. The fourth-order valence-electron chi connectivity index (χ4n) is 3.58. The Kier molecular flexibility index (Phi) is 3.48. The van der Waals surface area contributed by atoms with Gasteiger partial charge in [0.2, 0.25) is 11.7 Å². The lowest BCUT2D eigenvalue weighted by Crippen LogP contribution is -2.42. The molecule has 0 amide bonds. The van der Waals surface area contributed by atoms with E-state index in [9.17, 15) is 0 Å². The zero-order valence-electron chi connectivity index (χ0n) is 12.1. The molecule has 2 saturated heterocycles. The Morgan fingerprint density at radius 1 is 1.24 bits per heavy atom. The first kappa shape index (κ1) is 13.0. The third kappa shape index (κ3) is 2.49. The standard InChI is InChI=1S/C15H21N5O/c1-3-12(17-7-1)14-18-15(21-19-14)13-4-2-10-20(13)11-5-8-16-9-6-11/h1,3,7,11,13,16-17H,2,4-6,8-10H2. The molecule has 1 atom stereocenters. The zero-order valence-corrected chi connectivity index (χ0v) is 12.1. The molecule has 2 aliphatic heterocycles. The Morgan fingerprint density at radius 3 is 2.95 bits per heavy atom. The number of rotatable bonds is 3. The van der Waals surface area contributed by atoms with E-state index in [1.807, 2.05) is 18.3 Å². The Balaban J connectivity index is 1.54. The summed E-state index contributed by atoms with van der Waals surface area (Å²) in [7, 11) is 0. The van der Waals surface area contributed by atoms with Gasteiger partial charge in [0.25, 0.3) is 0 Å². The van der Waals surface area contributed by atoms with Crippen molar-refractivity contribution < 1.29 is 4.52 Å². The van der Waals surface area contributed by atoms with Crippen molar-refractivity contribution >= 4 is 0 Å². The average Bonchev–Trinajstić information content (AvgIpc) is 3.27. The molecule has 0 radical (unpaired) electrons. The van der Waals surface area contributed by atoms with E-state index in [1.165, 1.54) is 19.3 Å². The van der Waals surface area contributed by atoms with Crippen LogP contribution in [0.5, 0.6) is 0 Å². The van der Waals surface area contributed by atoms with Crippen LogP contribution in [0.4, 0.5) is 0 Å². The summed E-state index contributed by atoms with van der Waals surface area (Å²) >= 11 is 0. The maximum atomic E-state index is 5.56. The summed E-state index contributed by atoms with van der Waals surface area (Å²) < 4.78 is 5.56.